The molecule has 0 fully saturated rings. The van der Waals surface area contributed by atoms with Crippen molar-refractivity contribution in [1.82, 2.24) is 25.3 Å². The third-order valence-corrected chi connectivity index (χ3v) is 2.38. The lowest BCUT2D eigenvalue weighted by atomic mass is 10.1. The highest BCUT2D eigenvalue weighted by molar-refractivity contribution is 5.41. The highest BCUT2D eigenvalue weighted by atomic mass is 16.5. The van der Waals surface area contributed by atoms with Crippen molar-refractivity contribution in [2.45, 2.75) is 6.42 Å². The molecule has 0 atom stereocenters. The number of nitrogens with zero attached hydrogens (tertiary/aromatic N) is 4. The number of hydrogen-bond acceptors (Lipinski definition) is 6. The first kappa shape index (κ1) is 10.5. The second-order valence-corrected chi connectivity index (χ2v) is 3.72. The fourth-order valence-corrected chi connectivity index (χ4v) is 1.57. The highest BCUT2D eigenvalue weighted by Crippen LogP contribution is 2.14. The van der Waals surface area contributed by atoms with E-state index in [-0.39, 0.29) is 11.8 Å². The monoisotopic (exact) mass is 242 g/mol. The molecule has 7 nitrogen and oxygen atoms in total. The number of nitrogens with one attached hydrogen (secondary N) is 1. The van der Waals surface area contributed by atoms with Crippen molar-refractivity contribution in [2.24, 2.45) is 0 Å². The summed E-state index contributed by atoms with van der Waals surface area (Å²) in [7, 11) is 0. The summed E-state index contributed by atoms with van der Waals surface area (Å²) in [5.74, 6) is 1.39. The molecule has 0 unspecified atom stereocenters. The molecule has 1 aromatic carbocycles. The zero-order chi connectivity index (χ0) is 12.4. The number of anilines is 1. The van der Waals surface area contributed by atoms with Gasteiger partial charge < -0.3 is 10.3 Å². The second-order valence-electron chi connectivity index (χ2n) is 3.72. The minimum absolute atomic E-state index is 0.146. The van der Waals surface area contributed by atoms with E-state index in [1.807, 2.05) is 30.3 Å². The predicted octanol–water partition coefficient (Wildman–Crippen LogP) is 1.03. The number of nitrogen functional groups attached to an aromatic ring is 1. The van der Waals surface area contributed by atoms with Gasteiger partial charge in [-0.05, 0) is 5.56 Å². The minimum Gasteiger partial charge on any atom is -0.366 e. The number of benzene rings is 1. The van der Waals surface area contributed by atoms with E-state index in [2.05, 4.69) is 25.3 Å². The number of hydrogen-bond donors (Lipinski definition) is 2. The van der Waals surface area contributed by atoms with Gasteiger partial charge in [0, 0.05) is 6.42 Å². The van der Waals surface area contributed by atoms with E-state index in [0.717, 1.165) is 5.56 Å². The number of aromatic amines is 1. The molecule has 2 aromatic heterocycles. The van der Waals surface area contributed by atoms with Gasteiger partial charge in [0.1, 0.15) is 0 Å². The Balaban J connectivity index is 1.82. The summed E-state index contributed by atoms with van der Waals surface area (Å²) < 4.78 is 5.09. The normalized spacial score (nSPS) is 10.7. The van der Waals surface area contributed by atoms with Gasteiger partial charge in [0.25, 0.3) is 5.89 Å². The Kier molecular flexibility index (Phi) is 2.49. The molecular formula is C11H10N6O. The first-order valence-corrected chi connectivity index (χ1v) is 5.36. The van der Waals surface area contributed by atoms with Crippen molar-refractivity contribution in [3.63, 3.8) is 0 Å². The molecule has 0 radical (unpaired) electrons. The lowest BCUT2D eigenvalue weighted by Gasteiger charge is -1.93. The Labute approximate surface area is 102 Å². The van der Waals surface area contributed by atoms with Gasteiger partial charge in [0.2, 0.25) is 11.8 Å². The van der Waals surface area contributed by atoms with E-state index in [4.69, 9.17) is 10.3 Å². The van der Waals surface area contributed by atoms with Gasteiger partial charge in [0.15, 0.2) is 5.82 Å². The van der Waals surface area contributed by atoms with E-state index in [1.165, 1.54) is 0 Å². The van der Waals surface area contributed by atoms with Crippen LogP contribution in [0.15, 0.2) is 34.9 Å². The molecule has 0 aliphatic carbocycles. The van der Waals surface area contributed by atoms with E-state index in [9.17, 15) is 0 Å². The van der Waals surface area contributed by atoms with Crippen molar-refractivity contribution in [1.29, 1.82) is 0 Å². The molecule has 0 saturated heterocycles. The SMILES string of the molecule is Nc1n[nH]c(-c2nc(Cc3ccccc3)no2)n1. The van der Waals surface area contributed by atoms with Gasteiger partial charge in [0.05, 0.1) is 0 Å². The summed E-state index contributed by atoms with van der Waals surface area (Å²) in [5, 5.41) is 10.2. The van der Waals surface area contributed by atoms with E-state index >= 15 is 0 Å². The van der Waals surface area contributed by atoms with Crippen molar-refractivity contribution < 1.29 is 4.52 Å². The average Bonchev–Trinajstić information content (AvgIpc) is 2.99. The van der Waals surface area contributed by atoms with Gasteiger partial charge in [-0.3, -0.25) is 5.10 Å². The average molecular weight is 242 g/mol. The second kappa shape index (κ2) is 4.28. The first-order valence-electron chi connectivity index (χ1n) is 5.36. The molecule has 0 aliphatic rings. The topological polar surface area (TPSA) is 107 Å². The summed E-state index contributed by atoms with van der Waals surface area (Å²) in [6.45, 7) is 0. The van der Waals surface area contributed by atoms with Crippen LogP contribution >= 0.6 is 0 Å². The number of nitrogens with two attached hydrogens (primary N) is 1. The molecule has 3 N–H and O–H groups in total. The van der Waals surface area contributed by atoms with Crippen LogP contribution in [0.1, 0.15) is 11.4 Å². The minimum atomic E-state index is 0.146. The van der Waals surface area contributed by atoms with Crippen molar-refractivity contribution >= 4 is 5.95 Å². The molecule has 3 rings (SSSR count). The summed E-state index contributed by atoms with van der Waals surface area (Å²) in [6, 6.07) is 9.90. The van der Waals surface area contributed by atoms with Crippen LogP contribution in [-0.2, 0) is 6.42 Å². The summed E-state index contributed by atoms with van der Waals surface area (Å²) >= 11 is 0. The third kappa shape index (κ3) is 2.05. The van der Waals surface area contributed by atoms with E-state index in [1.54, 1.807) is 0 Å². The van der Waals surface area contributed by atoms with Crippen LogP contribution in [0.25, 0.3) is 11.7 Å². The van der Waals surface area contributed by atoms with Crippen LogP contribution in [0.5, 0.6) is 0 Å². The maximum Gasteiger partial charge on any atom is 0.295 e. The summed E-state index contributed by atoms with van der Waals surface area (Å²) in [5.41, 5.74) is 6.52. The van der Waals surface area contributed by atoms with Crippen LogP contribution in [0.2, 0.25) is 0 Å². The van der Waals surface area contributed by atoms with Crippen molar-refractivity contribution in [3.8, 4) is 11.7 Å². The summed E-state index contributed by atoms with van der Waals surface area (Å²) in [6.07, 6.45) is 0.605. The van der Waals surface area contributed by atoms with Crippen LogP contribution < -0.4 is 5.73 Å². The van der Waals surface area contributed by atoms with Gasteiger partial charge in [-0.25, -0.2) is 0 Å². The lowest BCUT2D eigenvalue weighted by Crippen LogP contribution is -1.90. The molecule has 0 spiro atoms. The fraction of sp³-hybridized carbons (Fsp3) is 0.0909. The zero-order valence-electron chi connectivity index (χ0n) is 9.37. The maximum atomic E-state index is 5.40. The Hall–Kier alpha value is -2.70. The molecule has 0 saturated carbocycles. The Bertz CT molecular complexity index is 644. The molecular weight excluding hydrogens is 232 g/mol. The van der Waals surface area contributed by atoms with Crippen LogP contribution in [0, 0.1) is 0 Å². The third-order valence-electron chi connectivity index (χ3n) is 2.38. The molecule has 7 heteroatoms. The molecule has 0 aliphatic heterocycles. The smallest absolute Gasteiger partial charge is 0.295 e. The fourth-order valence-electron chi connectivity index (χ4n) is 1.57. The molecule has 0 bridgehead atoms. The number of H-pyrrole nitrogens is 1. The summed E-state index contributed by atoms with van der Waals surface area (Å²) in [4.78, 5) is 8.14. The highest BCUT2D eigenvalue weighted by Gasteiger charge is 2.12. The van der Waals surface area contributed by atoms with Crippen molar-refractivity contribution in [3.05, 3.63) is 41.7 Å². The molecule has 18 heavy (non-hydrogen) atoms. The molecule has 3 aromatic rings. The van der Waals surface area contributed by atoms with E-state index < -0.39 is 0 Å². The Morgan fingerprint density at radius 1 is 1.17 bits per heavy atom. The van der Waals surface area contributed by atoms with Gasteiger partial charge >= 0.3 is 0 Å². The van der Waals surface area contributed by atoms with Gasteiger partial charge in [-0.1, -0.05) is 35.5 Å². The predicted molar refractivity (Wildman–Crippen MR) is 63.3 cm³/mol. The molecule has 0 amide bonds. The lowest BCUT2D eigenvalue weighted by molar-refractivity contribution is 0.421. The largest absolute Gasteiger partial charge is 0.366 e. The zero-order valence-corrected chi connectivity index (χ0v) is 9.37. The van der Waals surface area contributed by atoms with Crippen LogP contribution in [0.3, 0.4) is 0 Å². The van der Waals surface area contributed by atoms with Crippen molar-refractivity contribution in [2.75, 3.05) is 5.73 Å². The maximum absolute atomic E-state index is 5.40. The quantitative estimate of drug-likeness (QED) is 0.710. The molecule has 2 heterocycles. The molecule has 90 valence electrons. The van der Waals surface area contributed by atoms with Gasteiger partial charge in [-0.2, -0.15) is 9.97 Å². The van der Waals surface area contributed by atoms with Crippen LogP contribution in [0.4, 0.5) is 5.95 Å². The Morgan fingerprint density at radius 2 is 2.00 bits per heavy atom. The first-order chi connectivity index (χ1) is 8.81. The van der Waals surface area contributed by atoms with Gasteiger partial charge in [-0.15, -0.1) is 5.10 Å². The number of aromatic nitrogens is 5. The van der Waals surface area contributed by atoms with Crippen LogP contribution in [-0.4, -0.2) is 25.3 Å². The van der Waals surface area contributed by atoms with E-state index in [0.29, 0.717) is 18.1 Å². The standard InChI is InChI=1S/C11H10N6O/c12-11-14-9(15-16-11)10-13-8(17-18-10)6-7-4-2-1-3-5-7/h1-5H,6H2,(H3,12,14,15,16). The number of rotatable bonds is 3. The Morgan fingerprint density at radius 3 is 2.72 bits per heavy atom.